The Hall–Kier alpha value is -1.62. The summed E-state index contributed by atoms with van der Waals surface area (Å²) >= 11 is 1.71. The van der Waals surface area contributed by atoms with Gasteiger partial charge < -0.3 is 9.26 Å². The van der Waals surface area contributed by atoms with Crippen LogP contribution in [0.15, 0.2) is 16.0 Å². The Morgan fingerprint density at radius 2 is 2.47 bits per heavy atom. The van der Waals surface area contributed by atoms with E-state index in [0.717, 1.165) is 29.7 Å². The second-order valence-corrected chi connectivity index (χ2v) is 4.82. The minimum Gasteiger partial charge on any atom is -0.461 e. The molecule has 0 saturated carbocycles. The number of aromatic nitrogens is 1. The number of thiophene rings is 1. The monoisotopic (exact) mass is 249 g/mol. The van der Waals surface area contributed by atoms with Crippen molar-refractivity contribution in [3.63, 3.8) is 0 Å². The Bertz CT molecular complexity index is 570. The van der Waals surface area contributed by atoms with Gasteiger partial charge in [0.2, 0.25) is 0 Å². The van der Waals surface area contributed by atoms with Crippen LogP contribution in [0.3, 0.4) is 0 Å². The van der Waals surface area contributed by atoms with Gasteiger partial charge in [-0.2, -0.15) is 0 Å². The molecule has 1 aliphatic rings. The van der Waals surface area contributed by atoms with Crippen molar-refractivity contribution in [1.29, 1.82) is 0 Å². The zero-order chi connectivity index (χ0) is 11.8. The van der Waals surface area contributed by atoms with E-state index in [2.05, 4.69) is 5.16 Å². The molecule has 0 aromatic carbocycles. The van der Waals surface area contributed by atoms with Crippen LogP contribution < -0.4 is 0 Å². The van der Waals surface area contributed by atoms with Crippen LogP contribution in [-0.2, 0) is 17.6 Å². The lowest BCUT2D eigenvalue weighted by Crippen LogP contribution is -2.10. The van der Waals surface area contributed by atoms with Crippen LogP contribution in [0.2, 0.25) is 0 Å². The van der Waals surface area contributed by atoms with Crippen molar-refractivity contribution >= 4 is 17.3 Å². The number of hydrogen-bond donors (Lipinski definition) is 0. The maximum Gasteiger partial charge on any atom is 0.360 e. The fourth-order valence-electron chi connectivity index (χ4n) is 2.09. The Morgan fingerprint density at radius 3 is 3.29 bits per heavy atom. The molecule has 2 aromatic rings. The second kappa shape index (κ2) is 4.00. The molecule has 88 valence electrons. The van der Waals surface area contributed by atoms with Gasteiger partial charge in [-0.25, -0.2) is 4.79 Å². The average molecular weight is 249 g/mol. The van der Waals surface area contributed by atoms with Crippen LogP contribution in [0.4, 0.5) is 0 Å². The number of rotatable bonds is 2. The molecule has 0 fully saturated rings. The van der Waals surface area contributed by atoms with Gasteiger partial charge in [0.05, 0.1) is 6.61 Å². The van der Waals surface area contributed by atoms with E-state index in [4.69, 9.17) is 9.26 Å². The Morgan fingerprint density at radius 1 is 1.59 bits per heavy atom. The normalized spacial score (nSPS) is 13.0. The molecule has 0 amide bonds. The molecule has 4 nitrogen and oxygen atoms in total. The van der Waals surface area contributed by atoms with E-state index in [0.29, 0.717) is 12.3 Å². The molecule has 2 heterocycles. The zero-order valence-electron chi connectivity index (χ0n) is 9.36. The molecule has 0 radical (unpaired) electrons. The quantitative estimate of drug-likeness (QED) is 0.768. The highest BCUT2D eigenvalue weighted by molar-refractivity contribution is 7.10. The minimum atomic E-state index is -0.392. The van der Waals surface area contributed by atoms with E-state index < -0.39 is 5.97 Å². The fourth-order valence-corrected chi connectivity index (χ4v) is 2.96. The highest BCUT2D eigenvalue weighted by Crippen LogP contribution is 2.38. The summed E-state index contributed by atoms with van der Waals surface area (Å²) in [5, 5.41) is 5.88. The molecule has 1 aliphatic carbocycles. The SMILES string of the molecule is CCOC(=O)c1noc2c1CCc1sccc1-2. The Balaban J connectivity index is 2.05. The second-order valence-electron chi connectivity index (χ2n) is 3.82. The lowest BCUT2D eigenvalue weighted by atomic mass is 9.96. The number of esters is 1. The van der Waals surface area contributed by atoms with Gasteiger partial charge in [0.25, 0.3) is 0 Å². The van der Waals surface area contributed by atoms with Gasteiger partial charge >= 0.3 is 5.97 Å². The number of carbonyl (C=O) groups is 1. The number of ether oxygens (including phenoxy) is 1. The molecule has 3 rings (SSSR count). The maximum absolute atomic E-state index is 11.7. The first-order valence-electron chi connectivity index (χ1n) is 5.53. The van der Waals surface area contributed by atoms with Crippen LogP contribution in [-0.4, -0.2) is 17.7 Å². The third kappa shape index (κ3) is 1.58. The first kappa shape index (κ1) is 10.5. The summed E-state index contributed by atoms with van der Waals surface area (Å²) in [7, 11) is 0. The minimum absolute atomic E-state index is 0.332. The molecule has 2 aromatic heterocycles. The van der Waals surface area contributed by atoms with E-state index in [-0.39, 0.29) is 0 Å². The number of fused-ring (bicyclic) bond motifs is 3. The highest BCUT2D eigenvalue weighted by Gasteiger charge is 2.28. The summed E-state index contributed by atoms with van der Waals surface area (Å²) in [6, 6.07) is 2.01. The Labute approximate surface area is 102 Å². The molecule has 5 heteroatoms. The molecule has 17 heavy (non-hydrogen) atoms. The van der Waals surface area contributed by atoms with Crippen molar-refractivity contribution in [3.8, 4) is 11.3 Å². The van der Waals surface area contributed by atoms with Crippen molar-refractivity contribution < 1.29 is 14.1 Å². The molecular formula is C12H11NO3S. The largest absolute Gasteiger partial charge is 0.461 e. The predicted molar refractivity (Wildman–Crippen MR) is 63.2 cm³/mol. The summed E-state index contributed by atoms with van der Waals surface area (Å²) in [5.74, 6) is 0.340. The van der Waals surface area contributed by atoms with Gasteiger partial charge in [0.15, 0.2) is 11.5 Å². The standard InChI is InChI=1S/C12H11NO3S/c1-2-15-12(14)10-8-3-4-9-7(5-6-17-9)11(8)16-13-10/h5-6H,2-4H2,1H3. The number of carbonyl (C=O) groups excluding carboxylic acids is 1. The van der Waals surface area contributed by atoms with Gasteiger partial charge in [0.1, 0.15) is 0 Å². The van der Waals surface area contributed by atoms with Gasteiger partial charge in [-0.3, -0.25) is 0 Å². The first-order valence-corrected chi connectivity index (χ1v) is 6.41. The third-order valence-electron chi connectivity index (χ3n) is 2.85. The van der Waals surface area contributed by atoms with Crippen LogP contribution in [0.1, 0.15) is 27.9 Å². The smallest absolute Gasteiger partial charge is 0.360 e. The average Bonchev–Trinajstić information content (AvgIpc) is 2.94. The van der Waals surface area contributed by atoms with Gasteiger partial charge in [-0.15, -0.1) is 11.3 Å². The zero-order valence-corrected chi connectivity index (χ0v) is 10.2. The van der Waals surface area contributed by atoms with Crippen molar-refractivity contribution in [2.75, 3.05) is 6.61 Å². The van der Waals surface area contributed by atoms with Crippen LogP contribution in [0, 0.1) is 0 Å². The number of hydrogen-bond acceptors (Lipinski definition) is 5. The number of nitrogens with zero attached hydrogens (tertiary/aromatic N) is 1. The Kier molecular flexibility index (Phi) is 2.48. The van der Waals surface area contributed by atoms with E-state index in [9.17, 15) is 4.79 Å². The lowest BCUT2D eigenvalue weighted by Gasteiger charge is -2.09. The first-order chi connectivity index (χ1) is 8.31. The summed E-state index contributed by atoms with van der Waals surface area (Å²) < 4.78 is 10.3. The molecule has 0 spiro atoms. The van der Waals surface area contributed by atoms with Gasteiger partial charge in [-0.05, 0) is 31.2 Å². The molecule has 0 saturated heterocycles. The van der Waals surface area contributed by atoms with Crippen molar-refractivity contribution in [2.45, 2.75) is 19.8 Å². The molecule has 0 N–H and O–H groups in total. The van der Waals surface area contributed by atoms with Crippen LogP contribution >= 0.6 is 11.3 Å². The van der Waals surface area contributed by atoms with E-state index in [1.54, 1.807) is 18.3 Å². The van der Waals surface area contributed by atoms with Crippen molar-refractivity contribution in [2.24, 2.45) is 0 Å². The van der Waals surface area contributed by atoms with Gasteiger partial charge in [-0.1, -0.05) is 5.16 Å². The number of aryl methyl sites for hydroxylation is 1. The predicted octanol–water partition coefficient (Wildman–Crippen LogP) is 2.68. The van der Waals surface area contributed by atoms with E-state index in [1.807, 2.05) is 11.4 Å². The molecule has 0 unspecified atom stereocenters. The van der Waals surface area contributed by atoms with Crippen LogP contribution in [0.25, 0.3) is 11.3 Å². The van der Waals surface area contributed by atoms with E-state index >= 15 is 0 Å². The summed E-state index contributed by atoms with van der Waals surface area (Å²) in [4.78, 5) is 13.0. The molecule has 0 bridgehead atoms. The summed E-state index contributed by atoms with van der Waals surface area (Å²) in [6.07, 6.45) is 1.73. The summed E-state index contributed by atoms with van der Waals surface area (Å²) in [6.45, 7) is 2.13. The van der Waals surface area contributed by atoms with E-state index in [1.165, 1.54) is 4.88 Å². The molecular weight excluding hydrogens is 238 g/mol. The third-order valence-corrected chi connectivity index (χ3v) is 3.83. The lowest BCUT2D eigenvalue weighted by molar-refractivity contribution is 0.0513. The molecule has 0 aliphatic heterocycles. The topological polar surface area (TPSA) is 52.3 Å². The van der Waals surface area contributed by atoms with Gasteiger partial charge in [0, 0.05) is 16.0 Å². The summed E-state index contributed by atoms with van der Waals surface area (Å²) in [5.41, 5.74) is 2.28. The molecule has 0 atom stereocenters. The fraction of sp³-hybridized carbons (Fsp3) is 0.333. The van der Waals surface area contributed by atoms with Crippen LogP contribution in [0.5, 0.6) is 0 Å². The van der Waals surface area contributed by atoms with Crippen molar-refractivity contribution in [1.82, 2.24) is 5.16 Å². The highest BCUT2D eigenvalue weighted by atomic mass is 32.1. The maximum atomic E-state index is 11.7. The van der Waals surface area contributed by atoms with Crippen molar-refractivity contribution in [3.05, 3.63) is 27.6 Å².